The molecule has 0 aliphatic carbocycles. The Balaban J connectivity index is 1.80. The number of sulfonamides is 1. The lowest BCUT2D eigenvalue weighted by atomic mass is 9.88. The van der Waals surface area contributed by atoms with E-state index in [1.807, 2.05) is 4.72 Å². The minimum atomic E-state index is -5.15. The van der Waals surface area contributed by atoms with Crippen LogP contribution in [0.3, 0.4) is 0 Å². The van der Waals surface area contributed by atoms with Crippen LogP contribution >= 0.6 is 0 Å². The van der Waals surface area contributed by atoms with E-state index in [0.29, 0.717) is 11.1 Å². The number of fused-ring (bicyclic) bond motifs is 1. The van der Waals surface area contributed by atoms with Crippen molar-refractivity contribution >= 4 is 21.8 Å². The van der Waals surface area contributed by atoms with Gasteiger partial charge >= 0.3 is 12.3 Å². The second kappa shape index (κ2) is 7.35. The number of hydrogen-bond donors (Lipinski definition) is 3. The number of carbonyl (C=O) groups excluding carboxylic acids is 1. The van der Waals surface area contributed by atoms with Crippen LogP contribution in [0.25, 0.3) is 11.1 Å². The molecule has 162 valence electrons. The molecule has 3 N–H and O–H groups in total. The number of amides is 1. The Morgan fingerprint density at radius 1 is 1.16 bits per heavy atom. The number of rotatable bonds is 5. The number of cyclic esters (lactones) is 1. The zero-order chi connectivity index (χ0) is 22.3. The van der Waals surface area contributed by atoms with Gasteiger partial charge in [0.2, 0.25) is 5.60 Å². The van der Waals surface area contributed by atoms with Gasteiger partial charge in [-0.3, -0.25) is 10.4 Å². The number of hydrogen-bond acceptors (Lipinski definition) is 6. The highest BCUT2D eigenvalue weighted by Crippen LogP contribution is 2.48. The zero-order valence-electron chi connectivity index (χ0n) is 15.5. The Kier molecular flexibility index (Phi) is 4.94. The van der Waals surface area contributed by atoms with Gasteiger partial charge in [0.1, 0.15) is 0 Å². The highest BCUT2D eigenvalue weighted by Gasteiger charge is 2.62. The summed E-state index contributed by atoms with van der Waals surface area (Å²) in [6, 6.07) is 7.90. The summed E-state index contributed by atoms with van der Waals surface area (Å²) in [5, 5.41) is 8.06. The van der Waals surface area contributed by atoms with Crippen molar-refractivity contribution in [1.29, 1.82) is 0 Å². The molecule has 0 bridgehead atoms. The van der Waals surface area contributed by atoms with Crippen molar-refractivity contribution in [3.8, 4) is 11.1 Å². The van der Waals surface area contributed by atoms with E-state index in [1.165, 1.54) is 48.9 Å². The highest BCUT2D eigenvalue weighted by molar-refractivity contribution is 7.89. The third-order valence-electron chi connectivity index (χ3n) is 4.67. The molecule has 9 nitrogen and oxygen atoms in total. The maximum atomic E-state index is 14.3. The van der Waals surface area contributed by atoms with Crippen LogP contribution in [0.4, 0.5) is 23.7 Å². The number of anilines is 1. The van der Waals surface area contributed by atoms with Gasteiger partial charge in [-0.1, -0.05) is 12.1 Å². The fourth-order valence-corrected chi connectivity index (χ4v) is 4.14. The lowest BCUT2D eigenvalue weighted by molar-refractivity contribution is -0.261. The van der Waals surface area contributed by atoms with E-state index >= 15 is 0 Å². The van der Waals surface area contributed by atoms with Gasteiger partial charge in [0.25, 0.3) is 10.0 Å². The van der Waals surface area contributed by atoms with Gasteiger partial charge < -0.3 is 4.74 Å². The predicted molar refractivity (Wildman–Crippen MR) is 101 cm³/mol. The number of ether oxygens (including phenoxy) is 1. The van der Waals surface area contributed by atoms with E-state index in [-0.39, 0.29) is 5.69 Å². The molecule has 1 aromatic carbocycles. The topological polar surface area (TPSA) is 126 Å². The molecule has 0 saturated heterocycles. The molecule has 1 amide bonds. The lowest BCUT2D eigenvalue weighted by Crippen LogP contribution is -2.56. The maximum Gasteiger partial charge on any atom is 0.434 e. The van der Waals surface area contributed by atoms with E-state index in [1.54, 1.807) is 0 Å². The first-order valence-corrected chi connectivity index (χ1v) is 10.2. The van der Waals surface area contributed by atoms with Crippen LogP contribution in [-0.4, -0.2) is 42.4 Å². The number of aromatic nitrogens is 3. The summed E-state index contributed by atoms with van der Waals surface area (Å²) >= 11 is 0. The molecule has 0 fully saturated rings. The minimum Gasteiger partial charge on any atom is -0.426 e. The Morgan fingerprint density at radius 2 is 1.97 bits per heavy atom. The summed E-state index contributed by atoms with van der Waals surface area (Å²) in [6.45, 7) is -1.29. The molecule has 1 atom stereocenters. The van der Waals surface area contributed by atoms with Crippen LogP contribution in [0.2, 0.25) is 0 Å². The normalized spacial score (nSPS) is 18.7. The van der Waals surface area contributed by atoms with Crippen molar-refractivity contribution in [3.05, 3.63) is 60.6 Å². The molecule has 1 aliphatic rings. The summed E-state index contributed by atoms with van der Waals surface area (Å²) in [5.41, 5.74) is -3.04. The van der Waals surface area contributed by atoms with E-state index in [4.69, 9.17) is 4.74 Å². The number of carbonyl (C=O) groups is 1. The van der Waals surface area contributed by atoms with Crippen LogP contribution in [0.5, 0.6) is 0 Å². The molecule has 0 saturated carbocycles. The predicted octanol–water partition coefficient (Wildman–Crippen LogP) is 2.77. The summed E-state index contributed by atoms with van der Waals surface area (Å²) < 4.78 is 74.5. The lowest BCUT2D eigenvalue weighted by Gasteiger charge is -2.39. The molecule has 4 rings (SSSR count). The molecular formula is C18H14F3N5O4S. The zero-order valence-corrected chi connectivity index (χ0v) is 16.3. The molecule has 13 heteroatoms. The van der Waals surface area contributed by atoms with Crippen molar-refractivity contribution in [2.75, 3.05) is 11.9 Å². The van der Waals surface area contributed by atoms with E-state index in [2.05, 4.69) is 20.5 Å². The average Bonchev–Trinajstić information content (AvgIpc) is 3.26. The van der Waals surface area contributed by atoms with Crippen molar-refractivity contribution in [1.82, 2.24) is 19.9 Å². The number of benzene rings is 1. The van der Waals surface area contributed by atoms with Gasteiger partial charge in [0, 0.05) is 23.5 Å². The van der Waals surface area contributed by atoms with Gasteiger partial charge in [0.05, 0.1) is 18.4 Å². The molecule has 3 aromatic rings. The van der Waals surface area contributed by atoms with Crippen LogP contribution in [-0.2, 0) is 20.4 Å². The standard InChI is InChI=1S/C18H14F3N5O4S/c19-18(20,21)17(10-25-31(28,29)15-3-1-2-6-22-15)13-7-11(12-8-23-24-9-12)4-5-14(13)26-16(27)30-17/h1-9,25H,10H2,(H,23,24)(H,26,27). The second-order valence-corrected chi connectivity index (χ2v) is 8.29. The number of aromatic amines is 1. The first-order chi connectivity index (χ1) is 14.6. The van der Waals surface area contributed by atoms with Crippen molar-refractivity contribution in [2.24, 2.45) is 0 Å². The number of halogens is 3. The SMILES string of the molecule is O=C1Nc2ccc(-c3cn[nH]c3)cc2C(CNS(=O)(=O)c2ccccn2)(C(F)(F)F)O1. The van der Waals surface area contributed by atoms with E-state index in [0.717, 1.165) is 6.07 Å². The van der Waals surface area contributed by atoms with Crippen molar-refractivity contribution in [3.63, 3.8) is 0 Å². The summed E-state index contributed by atoms with van der Waals surface area (Å²) in [7, 11) is -4.42. The Labute approximate surface area is 173 Å². The summed E-state index contributed by atoms with van der Waals surface area (Å²) in [4.78, 5) is 15.6. The highest BCUT2D eigenvalue weighted by atomic mass is 32.2. The Morgan fingerprint density at radius 3 is 2.61 bits per heavy atom. The molecular weight excluding hydrogens is 439 g/mol. The van der Waals surface area contributed by atoms with Gasteiger partial charge in [-0.2, -0.15) is 18.3 Å². The number of nitrogens with one attached hydrogen (secondary N) is 3. The van der Waals surface area contributed by atoms with Gasteiger partial charge in [-0.25, -0.2) is 22.9 Å². The quantitative estimate of drug-likeness (QED) is 0.545. The molecule has 31 heavy (non-hydrogen) atoms. The second-order valence-electron chi connectivity index (χ2n) is 6.58. The Bertz CT molecular complexity index is 1220. The number of alkyl halides is 3. The van der Waals surface area contributed by atoms with Crippen molar-refractivity contribution in [2.45, 2.75) is 16.8 Å². The van der Waals surface area contributed by atoms with Crippen LogP contribution in [0.15, 0.2) is 60.0 Å². The Hall–Kier alpha value is -3.45. The summed E-state index contributed by atoms with van der Waals surface area (Å²) in [6.07, 6.45) is -2.45. The number of pyridine rings is 1. The molecule has 1 aliphatic heterocycles. The first-order valence-electron chi connectivity index (χ1n) is 8.73. The van der Waals surface area contributed by atoms with Crippen LogP contribution < -0.4 is 10.0 Å². The number of H-pyrrole nitrogens is 1. The molecule has 3 heterocycles. The molecule has 0 spiro atoms. The third-order valence-corrected chi connectivity index (χ3v) is 5.99. The average molecular weight is 453 g/mol. The third kappa shape index (κ3) is 3.72. The van der Waals surface area contributed by atoms with Crippen LogP contribution in [0, 0.1) is 0 Å². The maximum absolute atomic E-state index is 14.3. The van der Waals surface area contributed by atoms with Gasteiger partial charge in [-0.15, -0.1) is 0 Å². The van der Waals surface area contributed by atoms with Crippen molar-refractivity contribution < 1.29 is 31.1 Å². The largest absolute Gasteiger partial charge is 0.434 e. The fourth-order valence-electron chi connectivity index (χ4n) is 3.14. The minimum absolute atomic E-state index is 0.155. The first kappa shape index (κ1) is 20.8. The monoisotopic (exact) mass is 453 g/mol. The summed E-state index contributed by atoms with van der Waals surface area (Å²) in [5.74, 6) is 0. The molecule has 1 unspecified atom stereocenters. The van der Waals surface area contributed by atoms with E-state index in [9.17, 15) is 26.4 Å². The van der Waals surface area contributed by atoms with E-state index < -0.39 is 45.0 Å². The molecule has 2 aromatic heterocycles. The fraction of sp³-hybridized carbons (Fsp3) is 0.167. The van der Waals surface area contributed by atoms with Gasteiger partial charge in [-0.05, 0) is 29.8 Å². The number of nitrogens with zero attached hydrogens (tertiary/aromatic N) is 2. The smallest absolute Gasteiger partial charge is 0.426 e. The van der Waals surface area contributed by atoms with Crippen LogP contribution in [0.1, 0.15) is 5.56 Å². The molecule has 0 radical (unpaired) electrons. The van der Waals surface area contributed by atoms with Gasteiger partial charge in [0.15, 0.2) is 5.03 Å².